The SMILES string of the molecule is CC(=N)C(C#N)C(=O)COC(=O)CCNC(=O)c1ccc(C(C)(C)C)cc1. The number of rotatable bonds is 8. The van der Waals surface area contributed by atoms with Crippen LogP contribution in [0.1, 0.15) is 50.0 Å². The molecule has 0 aliphatic rings. The fraction of sp³-hybridized carbons (Fsp3) is 0.450. The number of carbonyl (C=O) groups excluding carboxylic acids is 3. The van der Waals surface area contributed by atoms with Crippen molar-refractivity contribution in [3.63, 3.8) is 0 Å². The van der Waals surface area contributed by atoms with Gasteiger partial charge < -0.3 is 15.5 Å². The first-order chi connectivity index (χ1) is 12.6. The molecule has 7 nitrogen and oxygen atoms in total. The summed E-state index contributed by atoms with van der Waals surface area (Å²) in [7, 11) is 0. The summed E-state index contributed by atoms with van der Waals surface area (Å²) in [6, 6.07) is 8.94. The molecule has 0 saturated carbocycles. The van der Waals surface area contributed by atoms with Crippen molar-refractivity contribution in [1.29, 1.82) is 10.7 Å². The third-order valence-electron chi connectivity index (χ3n) is 3.89. The van der Waals surface area contributed by atoms with Crippen molar-refractivity contribution in [2.45, 2.75) is 39.5 Å². The van der Waals surface area contributed by atoms with E-state index in [-0.39, 0.29) is 30.0 Å². The highest BCUT2D eigenvalue weighted by Gasteiger charge is 2.21. The first-order valence-electron chi connectivity index (χ1n) is 8.58. The summed E-state index contributed by atoms with van der Waals surface area (Å²) < 4.78 is 4.79. The quantitative estimate of drug-likeness (QED) is 0.537. The summed E-state index contributed by atoms with van der Waals surface area (Å²) >= 11 is 0. The molecule has 1 aromatic rings. The van der Waals surface area contributed by atoms with E-state index in [1.807, 2.05) is 12.1 Å². The van der Waals surface area contributed by atoms with Gasteiger partial charge in [0.2, 0.25) is 0 Å². The van der Waals surface area contributed by atoms with Crippen LogP contribution in [-0.2, 0) is 19.7 Å². The summed E-state index contributed by atoms with van der Waals surface area (Å²) in [4.78, 5) is 35.4. The predicted molar refractivity (Wildman–Crippen MR) is 101 cm³/mol. The van der Waals surface area contributed by atoms with E-state index in [1.54, 1.807) is 18.2 Å². The summed E-state index contributed by atoms with van der Waals surface area (Å²) in [6.07, 6.45) is -0.0973. The number of benzene rings is 1. The summed E-state index contributed by atoms with van der Waals surface area (Å²) in [5.41, 5.74) is 1.51. The molecule has 1 rings (SSSR count). The van der Waals surface area contributed by atoms with Gasteiger partial charge in [-0.25, -0.2) is 0 Å². The van der Waals surface area contributed by atoms with Crippen LogP contribution in [0, 0.1) is 22.7 Å². The minimum absolute atomic E-state index is 0.00296. The number of hydrogen-bond donors (Lipinski definition) is 2. The van der Waals surface area contributed by atoms with Gasteiger partial charge in [0.05, 0.1) is 12.5 Å². The predicted octanol–water partition coefficient (Wildman–Crippen LogP) is 2.40. The number of nitrogens with zero attached hydrogens (tertiary/aromatic N) is 1. The number of nitriles is 1. The van der Waals surface area contributed by atoms with E-state index in [2.05, 4.69) is 26.1 Å². The summed E-state index contributed by atoms with van der Waals surface area (Å²) in [6.45, 7) is 7.10. The van der Waals surface area contributed by atoms with Crippen LogP contribution >= 0.6 is 0 Å². The van der Waals surface area contributed by atoms with E-state index in [0.717, 1.165) is 5.56 Å². The number of esters is 1. The Kier molecular flexibility index (Phi) is 7.85. The Hall–Kier alpha value is -3.01. The van der Waals surface area contributed by atoms with Gasteiger partial charge in [-0.3, -0.25) is 14.4 Å². The second kappa shape index (κ2) is 9.62. The van der Waals surface area contributed by atoms with Gasteiger partial charge in [-0.05, 0) is 30.0 Å². The van der Waals surface area contributed by atoms with Crippen LogP contribution in [0.25, 0.3) is 0 Å². The van der Waals surface area contributed by atoms with Crippen LogP contribution in [0.4, 0.5) is 0 Å². The Morgan fingerprint density at radius 2 is 1.81 bits per heavy atom. The molecule has 0 bridgehead atoms. The van der Waals surface area contributed by atoms with Crippen LogP contribution in [-0.4, -0.2) is 36.5 Å². The van der Waals surface area contributed by atoms with Gasteiger partial charge in [-0.15, -0.1) is 0 Å². The van der Waals surface area contributed by atoms with Crippen molar-refractivity contribution in [3.8, 4) is 6.07 Å². The van der Waals surface area contributed by atoms with Crippen molar-refractivity contribution < 1.29 is 19.1 Å². The lowest BCUT2D eigenvalue weighted by atomic mass is 9.87. The summed E-state index contributed by atoms with van der Waals surface area (Å²) in [5.74, 6) is -2.80. The van der Waals surface area contributed by atoms with Gasteiger partial charge in [-0.2, -0.15) is 5.26 Å². The third-order valence-corrected chi connectivity index (χ3v) is 3.89. The van der Waals surface area contributed by atoms with Gasteiger partial charge in [-0.1, -0.05) is 32.9 Å². The number of ether oxygens (including phenoxy) is 1. The van der Waals surface area contributed by atoms with Gasteiger partial charge in [0.25, 0.3) is 5.91 Å². The summed E-state index contributed by atoms with van der Waals surface area (Å²) in [5, 5.41) is 18.7. The minimum atomic E-state index is -1.20. The standard InChI is InChI=1S/C20H25N3O4/c1-13(22)16(11-21)17(24)12-27-18(25)9-10-23-19(26)14-5-7-15(8-6-14)20(2,3)4/h5-8,16,22H,9-10,12H2,1-4H3,(H,23,26). The van der Waals surface area contributed by atoms with Crippen molar-refractivity contribution in [1.82, 2.24) is 5.32 Å². The molecule has 0 aliphatic carbocycles. The van der Waals surface area contributed by atoms with E-state index in [9.17, 15) is 14.4 Å². The fourth-order valence-electron chi connectivity index (χ4n) is 2.22. The lowest BCUT2D eigenvalue weighted by molar-refractivity contribution is -0.148. The Balaban J connectivity index is 2.41. The molecule has 0 fully saturated rings. The number of nitrogens with one attached hydrogen (secondary N) is 2. The fourth-order valence-corrected chi connectivity index (χ4v) is 2.22. The molecule has 27 heavy (non-hydrogen) atoms. The average Bonchev–Trinajstić information content (AvgIpc) is 2.59. The second-order valence-corrected chi connectivity index (χ2v) is 7.21. The smallest absolute Gasteiger partial charge is 0.308 e. The van der Waals surface area contributed by atoms with E-state index in [1.165, 1.54) is 6.92 Å². The second-order valence-electron chi connectivity index (χ2n) is 7.21. The molecule has 0 spiro atoms. The molecule has 0 aromatic heterocycles. The molecule has 2 N–H and O–H groups in total. The first kappa shape index (κ1) is 22.0. The van der Waals surface area contributed by atoms with Crippen molar-refractivity contribution >= 4 is 23.4 Å². The topological polar surface area (TPSA) is 120 Å². The number of ketones is 1. The zero-order valence-corrected chi connectivity index (χ0v) is 16.1. The van der Waals surface area contributed by atoms with E-state index >= 15 is 0 Å². The molecule has 0 radical (unpaired) electrons. The molecule has 0 saturated heterocycles. The van der Waals surface area contributed by atoms with Crippen LogP contribution in [0.3, 0.4) is 0 Å². The highest BCUT2D eigenvalue weighted by molar-refractivity contribution is 6.06. The molecule has 1 unspecified atom stereocenters. The minimum Gasteiger partial charge on any atom is -0.458 e. The van der Waals surface area contributed by atoms with E-state index < -0.39 is 24.3 Å². The molecule has 0 aliphatic heterocycles. The molecule has 1 amide bonds. The van der Waals surface area contributed by atoms with Crippen molar-refractivity contribution in [3.05, 3.63) is 35.4 Å². The van der Waals surface area contributed by atoms with Crippen LogP contribution in [0.15, 0.2) is 24.3 Å². The average molecular weight is 371 g/mol. The molecular formula is C20H25N3O4. The Morgan fingerprint density at radius 3 is 2.30 bits per heavy atom. The zero-order valence-electron chi connectivity index (χ0n) is 16.1. The highest BCUT2D eigenvalue weighted by atomic mass is 16.5. The Bertz CT molecular complexity index is 755. The van der Waals surface area contributed by atoms with Gasteiger partial charge in [0.15, 0.2) is 12.4 Å². The maximum atomic E-state index is 12.1. The van der Waals surface area contributed by atoms with E-state index in [4.69, 9.17) is 15.4 Å². The zero-order chi connectivity index (χ0) is 20.6. The van der Waals surface area contributed by atoms with Crippen LogP contribution < -0.4 is 5.32 Å². The molecule has 144 valence electrons. The van der Waals surface area contributed by atoms with Crippen molar-refractivity contribution in [2.75, 3.05) is 13.2 Å². The lowest BCUT2D eigenvalue weighted by Gasteiger charge is -2.19. The lowest BCUT2D eigenvalue weighted by Crippen LogP contribution is -2.28. The number of Topliss-reactive ketones (excluding diaryl/α,β-unsaturated/α-hetero) is 1. The van der Waals surface area contributed by atoms with Crippen LogP contribution in [0.2, 0.25) is 0 Å². The first-order valence-corrected chi connectivity index (χ1v) is 8.58. The molecule has 1 aromatic carbocycles. The Labute approximate surface area is 159 Å². The van der Waals surface area contributed by atoms with E-state index in [0.29, 0.717) is 5.56 Å². The van der Waals surface area contributed by atoms with Gasteiger partial charge >= 0.3 is 5.97 Å². The van der Waals surface area contributed by atoms with Crippen LogP contribution in [0.5, 0.6) is 0 Å². The third kappa shape index (κ3) is 7.02. The maximum absolute atomic E-state index is 12.1. The number of amides is 1. The maximum Gasteiger partial charge on any atom is 0.308 e. The molecule has 7 heteroatoms. The largest absolute Gasteiger partial charge is 0.458 e. The van der Waals surface area contributed by atoms with Gasteiger partial charge in [0, 0.05) is 17.8 Å². The highest BCUT2D eigenvalue weighted by Crippen LogP contribution is 2.22. The number of carbonyl (C=O) groups is 3. The molecule has 0 heterocycles. The molecular weight excluding hydrogens is 346 g/mol. The monoisotopic (exact) mass is 371 g/mol. The van der Waals surface area contributed by atoms with Gasteiger partial charge in [0.1, 0.15) is 5.92 Å². The van der Waals surface area contributed by atoms with Crippen molar-refractivity contribution in [2.24, 2.45) is 5.92 Å². The normalized spacial score (nSPS) is 11.8. The molecule has 1 atom stereocenters. The number of hydrogen-bond acceptors (Lipinski definition) is 6. The Morgan fingerprint density at radius 1 is 1.22 bits per heavy atom.